The van der Waals surface area contributed by atoms with Crippen molar-refractivity contribution in [3.8, 4) is 0 Å². The minimum Gasteiger partial charge on any atom is -0.444 e. The molecule has 5 aliphatic heterocycles. The molecule has 0 saturated carbocycles. The van der Waals surface area contributed by atoms with Crippen LogP contribution < -0.4 is 53.2 Å². The van der Waals surface area contributed by atoms with Gasteiger partial charge in [-0.3, -0.25) is 48.5 Å². The maximum Gasteiger partial charge on any atom is 0.411 e. The number of hydrogen-bond donors (Lipinski definition) is 5. The number of nitrogen functional groups attached to an aromatic ring is 5. The Balaban J connectivity index is 0.000000202. The maximum absolute atomic E-state index is 12.8. The van der Waals surface area contributed by atoms with E-state index in [-0.39, 0.29) is 36.1 Å². The third kappa shape index (κ3) is 22.6. The molecule has 0 aromatic carbocycles. The maximum atomic E-state index is 12.8. The first-order valence-corrected chi connectivity index (χ1v) is 33.3. The van der Waals surface area contributed by atoms with Gasteiger partial charge in [0.15, 0.2) is 5.82 Å². The molecule has 0 aliphatic carbocycles. The van der Waals surface area contributed by atoms with Crippen molar-refractivity contribution in [3.05, 3.63) is 85.5 Å². The number of amides is 9. The summed E-state index contributed by atoms with van der Waals surface area (Å²) in [4.78, 5) is 140. The first kappa shape index (κ1) is 80.1. The van der Waals surface area contributed by atoms with Crippen LogP contribution in [0, 0.1) is 5.92 Å². The van der Waals surface area contributed by atoms with Crippen molar-refractivity contribution in [2.75, 3.05) is 119 Å². The van der Waals surface area contributed by atoms with E-state index in [0.717, 1.165) is 12.2 Å². The molecule has 554 valence electrons. The number of ether oxygens (including phenoxy) is 4. The lowest BCUT2D eigenvalue weighted by Gasteiger charge is -2.45. The highest BCUT2D eigenvalue weighted by Crippen LogP contribution is 2.31. The fourth-order valence-corrected chi connectivity index (χ4v) is 10.5. The third-order valence-corrected chi connectivity index (χ3v) is 15.6. The van der Waals surface area contributed by atoms with Crippen LogP contribution in [0.1, 0.15) is 124 Å². The van der Waals surface area contributed by atoms with E-state index in [1.165, 1.54) is 24.5 Å². The van der Waals surface area contributed by atoms with Crippen LogP contribution in [0.5, 0.6) is 0 Å². The topological polar surface area (TPSA) is 427 Å². The van der Waals surface area contributed by atoms with Gasteiger partial charge in [-0.2, -0.15) is 0 Å². The molecular formula is C69H100N20O13. The number of carbonyl (C=O) groups excluding carboxylic acids is 9. The second-order valence-electron chi connectivity index (χ2n) is 29.2. The number of piperazine rings is 4. The summed E-state index contributed by atoms with van der Waals surface area (Å²) >= 11 is 0. The van der Waals surface area contributed by atoms with Crippen LogP contribution in [-0.4, -0.2) is 209 Å². The van der Waals surface area contributed by atoms with Crippen LogP contribution in [0.2, 0.25) is 0 Å². The van der Waals surface area contributed by atoms with Crippen molar-refractivity contribution in [1.82, 2.24) is 49.7 Å². The van der Waals surface area contributed by atoms with Crippen molar-refractivity contribution in [1.29, 1.82) is 0 Å². The molecule has 5 aliphatic rings. The van der Waals surface area contributed by atoms with Gasteiger partial charge in [0, 0.05) is 65.3 Å². The van der Waals surface area contributed by atoms with Crippen molar-refractivity contribution >= 4 is 112 Å². The van der Waals surface area contributed by atoms with Gasteiger partial charge >= 0.3 is 24.4 Å². The lowest BCUT2D eigenvalue weighted by atomic mass is 9.97. The Kier molecular flexibility index (Phi) is 26.0. The average molecular weight is 1420 g/mol. The standard InChI is InChI=1S/C16H24N4O3.2C15H22N4O3.C13H19N5O3.C10H13N3O/c1-15(2,3)23-14(22)20-9-8-19(13(21)16(20,4)5)11-6-7-12(17)18-10-11;2*1-10-13(20)19(11-5-6-12(16)17-9-11)8-7-18(10)14(21)22-15(2,3)4;1-13(2,3)21-12(20)17-6-7-18(11(19)8-17)10-5-4-9(14)15-16-10;1-7-4-10(14)13(6-7)8-2-3-9(11)12-5-8/h6-7,10H,8-9H2,1-5H3,(H2,17,18);2*5-6,9-10H,7-8H2,1-4H3,(H2,16,17);4-5H,6-8H2,1-3H3,(H2,14,15);2-3,5,7H,4,6H2,1H3,(H2,11,12)/t;2*10-;;7-/m.10.0/s1. The van der Waals surface area contributed by atoms with Crippen LogP contribution in [0.3, 0.4) is 0 Å². The molecule has 3 atom stereocenters. The lowest BCUT2D eigenvalue weighted by molar-refractivity contribution is -0.131. The Labute approximate surface area is 595 Å². The SMILES string of the molecule is CC(C)(C)OC(=O)N1CCN(c2ccc(N)nc2)C(=O)C1(C)C.CC(C)(C)OC(=O)N1CCN(c2ccc(N)nn2)C(=O)C1.C[C@@H]1C(=O)N(c2ccc(N)nc2)CCN1C(=O)OC(C)(C)C.C[C@H]1C(=O)N(c2ccc(N)nc2)CCN1C(=O)OC(C)(C)C.C[C@H]1CC(=O)N(c2ccc(N)nc2)C1. The molecule has 10 rings (SSSR count). The highest BCUT2D eigenvalue weighted by Gasteiger charge is 2.47. The van der Waals surface area contributed by atoms with Gasteiger partial charge in [-0.05, 0) is 177 Å². The minimum atomic E-state index is -0.998. The molecule has 102 heavy (non-hydrogen) atoms. The molecule has 5 saturated heterocycles. The van der Waals surface area contributed by atoms with Crippen molar-refractivity contribution in [3.63, 3.8) is 0 Å². The normalized spacial score (nSPS) is 18.7. The average Bonchev–Trinajstić information content (AvgIpc) is 0.966. The van der Waals surface area contributed by atoms with Crippen LogP contribution >= 0.6 is 0 Å². The van der Waals surface area contributed by atoms with Crippen molar-refractivity contribution < 1.29 is 62.1 Å². The van der Waals surface area contributed by atoms with E-state index in [1.807, 2.05) is 6.07 Å². The van der Waals surface area contributed by atoms with E-state index >= 15 is 0 Å². The molecule has 0 radical (unpaired) electrons. The Hall–Kier alpha value is -10.9. The molecule has 10 N–H and O–H groups in total. The van der Waals surface area contributed by atoms with Crippen LogP contribution in [-0.2, 0) is 42.9 Å². The number of carbonyl (C=O) groups is 9. The van der Waals surface area contributed by atoms with Gasteiger partial charge in [0.25, 0.3) is 5.91 Å². The molecular weight excluding hydrogens is 1320 g/mol. The molecule has 10 heterocycles. The highest BCUT2D eigenvalue weighted by molar-refractivity contribution is 6.03. The zero-order valence-electron chi connectivity index (χ0n) is 61.5. The number of nitrogens with two attached hydrogens (primary N) is 5. The van der Waals surface area contributed by atoms with Gasteiger partial charge in [-0.25, -0.2) is 39.1 Å². The first-order valence-electron chi connectivity index (χ1n) is 33.3. The number of rotatable bonds is 5. The molecule has 5 aromatic heterocycles. The van der Waals surface area contributed by atoms with Crippen LogP contribution in [0.25, 0.3) is 0 Å². The van der Waals surface area contributed by atoms with Gasteiger partial charge in [0.05, 0.1) is 47.5 Å². The Morgan fingerprint density at radius 2 is 0.784 bits per heavy atom. The summed E-state index contributed by atoms with van der Waals surface area (Å²) in [5.74, 6) is 2.26. The van der Waals surface area contributed by atoms with Gasteiger partial charge in [-0.15, -0.1) is 10.2 Å². The number of anilines is 10. The summed E-state index contributed by atoms with van der Waals surface area (Å²) in [5.41, 5.74) is 27.1. The zero-order chi connectivity index (χ0) is 76.1. The smallest absolute Gasteiger partial charge is 0.411 e. The summed E-state index contributed by atoms with van der Waals surface area (Å²) in [6, 6.07) is 15.8. The molecule has 0 spiro atoms. The second-order valence-corrected chi connectivity index (χ2v) is 29.2. The van der Waals surface area contributed by atoms with Crippen LogP contribution in [0.4, 0.5) is 76.8 Å². The van der Waals surface area contributed by atoms with Crippen LogP contribution in [0.15, 0.2) is 85.5 Å². The molecule has 5 fully saturated rings. The van der Waals surface area contributed by atoms with E-state index in [1.54, 1.807) is 210 Å². The van der Waals surface area contributed by atoms with Gasteiger partial charge in [-0.1, -0.05) is 6.92 Å². The van der Waals surface area contributed by atoms with E-state index in [0.29, 0.717) is 117 Å². The molecule has 33 nitrogen and oxygen atoms in total. The number of hydrogen-bond acceptors (Lipinski definition) is 24. The third-order valence-electron chi connectivity index (χ3n) is 15.6. The number of nitrogens with zero attached hydrogens (tertiary/aromatic N) is 15. The Morgan fingerprint density at radius 1 is 0.422 bits per heavy atom. The predicted molar refractivity (Wildman–Crippen MR) is 386 cm³/mol. The minimum absolute atomic E-state index is 0.0407. The largest absolute Gasteiger partial charge is 0.444 e. The fourth-order valence-electron chi connectivity index (χ4n) is 10.5. The fraction of sp³-hybridized carbons (Fsp3) is 0.522. The molecule has 5 aromatic rings. The number of aromatic nitrogens is 6. The Bertz CT molecular complexity index is 3640. The van der Waals surface area contributed by atoms with E-state index in [9.17, 15) is 43.2 Å². The monoisotopic (exact) mass is 1420 g/mol. The molecule has 9 amide bonds. The van der Waals surface area contributed by atoms with Gasteiger partial charge < -0.3 is 67.2 Å². The lowest BCUT2D eigenvalue weighted by Crippen LogP contribution is -2.65. The quantitative estimate of drug-likeness (QED) is 0.111. The predicted octanol–water partition coefficient (Wildman–Crippen LogP) is 6.98. The first-order chi connectivity index (χ1) is 47.3. The molecule has 0 bridgehead atoms. The Morgan fingerprint density at radius 3 is 1.14 bits per heavy atom. The van der Waals surface area contributed by atoms with Crippen molar-refractivity contribution in [2.45, 2.75) is 164 Å². The van der Waals surface area contributed by atoms with E-state index in [2.05, 4.69) is 37.1 Å². The van der Waals surface area contributed by atoms with Gasteiger partial charge in [0.2, 0.25) is 23.6 Å². The summed E-state index contributed by atoms with van der Waals surface area (Å²) in [5, 5.41) is 7.60. The molecule has 0 unspecified atom stereocenters. The summed E-state index contributed by atoms with van der Waals surface area (Å²) < 4.78 is 21.3. The highest BCUT2D eigenvalue weighted by atomic mass is 16.6. The summed E-state index contributed by atoms with van der Waals surface area (Å²) in [6.45, 7) is 34.3. The van der Waals surface area contributed by atoms with E-state index in [4.69, 9.17) is 47.6 Å². The summed E-state index contributed by atoms with van der Waals surface area (Å²) in [6.07, 6.45) is 5.05. The van der Waals surface area contributed by atoms with Crippen molar-refractivity contribution in [2.24, 2.45) is 5.92 Å². The number of pyridine rings is 4. The van der Waals surface area contributed by atoms with E-state index < -0.39 is 64.4 Å². The second kappa shape index (κ2) is 33.1. The summed E-state index contributed by atoms with van der Waals surface area (Å²) in [7, 11) is 0. The molecule has 33 heteroatoms. The van der Waals surface area contributed by atoms with Gasteiger partial charge in [0.1, 0.15) is 75.7 Å². The zero-order valence-corrected chi connectivity index (χ0v) is 61.5.